The standard InChI is InChI=1S/C35H28BrClN2O4S/c1-4-42-34(41)30-21(3)38-35-39(31(30)24-14-12-20(2)13-15-24)33(40)29(44-35)18-22-16-27(36)32(28(37)17-22)43-19-25-10-7-9-23-8-5-6-11-26(23)25/h5-18,31H,4,19H2,1-3H3/b29-18+/t31-/m0/s1. The third-order valence-corrected chi connectivity index (χ3v) is 9.33. The van der Waals surface area contributed by atoms with Gasteiger partial charge in [-0.3, -0.25) is 9.36 Å². The maximum Gasteiger partial charge on any atom is 0.338 e. The predicted molar refractivity (Wildman–Crippen MR) is 179 cm³/mol. The van der Waals surface area contributed by atoms with Crippen LogP contribution in [0.4, 0.5) is 0 Å². The van der Waals surface area contributed by atoms with Crippen molar-refractivity contribution in [3.8, 4) is 5.75 Å². The van der Waals surface area contributed by atoms with E-state index < -0.39 is 12.0 Å². The molecule has 1 atom stereocenters. The molecule has 0 saturated carbocycles. The van der Waals surface area contributed by atoms with Gasteiger partial charge in [0, 0.05) is 0 Å². The van der Waals surface area contributed by atoms with Crippen LogP contribution in [0.3, 0.4) is 0 Å². The Morgan fingerprint density at radius 1 is 1.07 bits per heavy atom. The molecule has 222 valence electrons. The molecule has 0 N–H and O–H groups in total. The zero-order valence-corrected chi connectivity index (χ0v) is 27.4. The van der Waals surface area contributed by atoms with Gasteiger partial charge < -0.3 is 9.47 Å². The van der Waals surface area contributed by atoms with E-state index in [-0.39, 0.29) is 12.2 Å². The van der Waals surface area contributed by atoms with E-state index in [9.17, 15) is 9.59 Å². The molecule has 1 aromatic heterocycles. The average Bonchev–Trinajstić information content (AvgIpc) is 3.30. The molecular weight excluding hydrogens is 660 g/mol. The zero-order chi connectivity index (χ0) is 31.0. The summed E-state index contributed by atoms with van der Waals surface area (Å²) < 4.78 is 14.3. The van der Waals surface area contributed by atoms with Crippen molar-refractivity contribution in [3.63, 3.8) is 0 Å². The monoisotopic (exact) mass is 686 g/mol. The molecule has 0 fully saturated rings. The Balaban J connectivity index is 1.37. The van der Waals surface area contributed by atoms with Crippen molar-refractivity contribution in [3.05, 3.63) is 142 Å². The molecule has 9 heteroatoms. The quantitative estimate of drug-likeness (QED) is 0.169. The first-order valence-electron chi connectivity index (χ1n) is 14.1. The van der Waals surface area contributed by atoms with Crippen LogP contribution in [0.2, 0.25) is 5.02 Å². The first-order chi connectivity index (χ1) is 21.2. The Bertz CT molecular complexity index is 2100. The molecule has 0 radical (unpaired) electrons. The van der Waals surface area contributed by atoms with E-state index in [0.29, 0.717) is 42.5 Å². The highest BCUT2D eigenvalue weighted by Gasteiger charge is 2.33. The smallest absolute Gasteiger partial charge is 0.338 e. The number of carbonyl (C=O) groups excluding carboxylic acids is 1. The van der Waals surface area contributed by atoms with Crippen LogP contribution in [0.15, 0.2) is 104 Å². The van der Waals surface area contributed by atoms with E-state index >= 15 is 0 Å². The Hall–Kier alpha value is -3.98. The number of hydrogen-bond acceptors (Lipinski definition) is 6. The van der Waals surface area contributed by atoms with E-state index in [2.05, 4.69) is 39.1 Å². The minimum absolute atomic E-state index is 0.220. The van der Waals surface area contributed by atoms with Crippen LogP contribution in [0, 0.1) is 6.92 Å². The summed E-state index contributed by atoms with van der Waals surface area (Å²) in [6, 6.07) is 25.1. The lowest BCUT2D eigenvalue weighted by atomic mass is 9.95. The Kier molecular flexibility index (Phi) is 8.58. The number of carbonyl (C=O) groups is 1. The van der Waals surface area contributed by atoms with Crippen molar-refractivity contribution < 1.29 is 14.3 Å². The number of benzene rings is 4. The summed E-state index contributed by atoms with van der Waals surface area (Å²) in [6.45, 7) is 6.09. The van der Waals surface area contributed by atoms with Gasteiger partial charge in [0.1, 0.15) is 6.61 Å². The number of hydrogen-bond donors (Lipinski definition) is 0. The van der Waals surface area contributed by atoms with Gasteiger partial charge >= 0.3 is 5.97 Å². The summed E-state index contributed by atoms with van der Waals surface area (Å²) >= 11 is 11.6. The Morgan fingerprint density at radius 2 is 1.82 bits per heavy atom. The van der Waals surface area contributed by atoms with Gasteiger partial charge in [-0.1, -0.05) is 95.2 Å². The summed E-state index contributed by atoms with van der Waals surface area (Å²) in [5.41, 5.74) is 4.28. The summed E-state index contributed by atoms with van der Waals surface area (Å²) in [5, 5.41) is 2.68. The maximum atomic E-state index is 13.9. The van der Waals surface area contributed by atoms with Gasteiger partial charge in [-0.2, -0.15) is 0 Å². The Labute approximate surface area is 271 Å². The van der Waals surface area contributed by atoms with Crippen LogP contribution in [0.25, 0.3) is 16.8 Å². The fourth-order valence-electron chi connectivity index (χ4n) is 5.38. The van der Waals surface area contributed by atoms with Crippen LogP contribution in [-0.2, 0) is 16.1 Å². The maximum absolute atomic E-state index is 13.9. The van der Waals surface area contributed by atoms with Crippen molar-refractivity contribution >= 4 is 61.7 Å². The first kappa shape index (κ1) is 30.1. The number of aromatic nitrogens is 1. The number of halogens is 2. The van der Waals surface area contributed by atoms with E-state index in [1.807, 2.05) is 61.5 Å². The van der Waals surface area contributed by atoms with Crippen LogP contribution >= 0.6 is 38.9 Å². The van der Waals surface area contributed by atoms with Gasteiger partial charge in [0.25, 0.3) is 5.56 Å². The number of thiazole rings is 1. The fraction of sp³-hybridized carbons (Fsp3) is 0.171. The molecule has 44 heavy (non-hydrogen) atoms. The van der Waals surface area contributed by atoms with Gasteiger partial charge in [0.05, 0.1) is 37.9 Å². The third-order valence-electron chi connectivity index (χ3n) is 7.48. The highest BCUT2D eigenvalue weighted by atomic mass is 79.9. The molecule has 0 aliphatic carbocycles. The lowest BCUT2D eigenvalue weighted by Crippen LogP contribution is -2.39. The van der Waals surface area contributed by atoms with Gasteiger partial charge in [-0.15, -0.1) is 0 Å². The molecule has 1 aliphatic rings. The molecule has 6 rings (SSSR count). The second-order valence-corrected chi connectivity index (χ2v) is 12.7. The fourth-order valence-corrected chi connectivity index (χ4v) is 7.41. The van der Waals surface area contributed by atoms with Crippen LogP contribution in [0.5, 0.6) is 5.75 Å². The van der Waals surface area contributed by atoms with E-state index in [1.165, 1.54) is 11.3 Å². The number of nitrogens with zero attached hydrogens (tertiary/aromatic N) is 2. The number of fused-ring (bicyclic) bond motifs is 2. The SMILES string of the molecule is CCOC(=O)C1=C(C)N=c2s/c(=C/c3cc(Cl)c(OCc4cccc5ccccc45)c(Br)c3)c(=O)n2[C@H]1c1ccc(C)cc1. The molecular formula is C35H28BrClN2O4S. The molecule has 0 bridgehead atoms. The highest BCUT2D eigenvalue weighted by Crippen LogP contribution is 2.36. The lowest BCUT2D eigenvalue weighted by Gasteiger charge is -2.24. The van der Waals surface area contributed by atoms with Gasteiger partial charge in [-0.05, 0) is 82.4 Å². The van der Waals surface area contributed by atoms with Crippen LogP contribution in [0.1, 0.15) is 42.1 Å². The highest BCUT2D eigenvalue weighted by molar-refractivity contribution is 9.10. The second kappa shape index (κ2) is 12.6. The molecule has 6 nitrogen and oxygen atoms in total. The minimum Gasteiger partial charge on any atom is -0.486 e. The molecule has 0 unspecified atom stereocenters. The Morgan fingerprint density at radius 3 is 2.57 bits per heavy atom. The zero-order valence-electron chi connectivity index (χ0n) is 24.3. The predicted octanol–water partition coefficient (Wildman–Crippen LogP) is 7.25. The minimum atomic E-state index is -0.659. The second-order valence-electron chi connectivity index (χ2n) is 10.5. The van der Waals surface area contributed by atoms with Gasteiger partial charge in [-0.25, -0.2) is 9.79 Å². The molecule has 2 heterocycles. The van der Waals surface area contributed by atoms with Crippen LogP contribution < -0.4 is 19.6 Å². The largest absolute Gasteiger partial charge is 0.486 e. The van der Waals surface area contributed by atoms with Crippen LogP contribution in [-0.4, -0.2) is 17.1 Å². The normalized spacial score (nSPS) is 14.8. The molecule has 0 saturated heterocycles. The van der Waals surface area contributed by atoms with Crippen molar-refractivity contribution in [1.29, 1.82) is 0 Å². The summed E-state index contributed by atoms with van der Waals surface area (Å²) in [6.07, 6.45) is 1.78. The molecule has 1 aliphatic heterocycles. The third kappa shape index (κ3) is 5.77. The topological polar surface area (TPSA) is 69.9 Å². The number of allylic oxidation sites excluding steroid dienone is 1. The molecule has 4 aromatic carbocycles. The summed E-state index contributed by atoms with van der Waals surface area (Å²) in [7, 11) is 0. The number of esters is 1. The van der Waals surface area contributed by atoms with E-state index in [1.54, 1.807) is 30.6 Å². The van der Waals surface area contributed by atoms with Crippen molar-refractivity contribution in [2.24, 2.45) is 4.99 Å². The number of rotatable bonds is 7. The van der Waals surface area contributed by atoms with Crippen molar-refractivity contribution in [1.82, 2.24) is 4.57 Å². The van der Waals surface area contributed by atoms with E-state index in [0.717, 1.165) is 33.0 Å². The first-order valence-corrected chi connectivity index (χ1v) is 16.1. The lowest BCUT2D eigenvalue weighted by molar-refractivity contribution is -0.139. The van der Waals surface area contributed by atoms with Crippen molar-refractivity contribution in [2.75, 3.05) is 6.61 Å². The van der Waals surface area contributed by atoms with Crippen molar-refractivity contribution in [2.45, 2.75) is 33.4 Å². The molecule has 5 aromatic rings. The summed E-state index contributed by atoms with van der Waals surface area (Å²) in [5.74, 6) is 0.0377. The molecule has 0 spiro atoms. The number of aryl methyl sites for hydroxylation is 1. The summed E-state index contributed by atoms with van der Waals surface area (Å²) in [4.78, 5) is 32.2. The van der Waals surface area contributed by atoms with Gasteiger partial charge in [0.2, 0.25) is 0 Å². The van der Waals surface area contributed by atoms with Gasteiger partial charge in [0.15, 0.2) is 10.6 Å². The number of ether oxygens (including phenoxy) is 2. The van der Waals surface area contributed by atoms with E-state index in [4.69, 9.17) is 21.1 Å². The molecule has 0 amide bonds. The average molecular weight is 688 g/mol.